The molecule has 2 nitrogen and oxygen atoms in total. The second-order valence-electron chi connectivity index (χ2n) is 6.27. The number of hydrogen-bond donors (Lipinski definition) is 0. The van der Waals surface area contributed by atoms with Crippen molar-refractivity contribution >= 4 is 0 Å². The van der Waals surface area contributed by atoms with Gasteiger partial charge in [-0.2, -0.15) is 0 Å². The van der Waals surface area contributed by atoms with Gasteiger partial charge in [0.15, 0.2) is 0 Å². The van der Waals surface area contributed by atoms with E-state index in [1.807, 2.05) is 0 Å². The molecule has 0 aromatic heterocycles. The van der Waals surface area contributed by atoms with Gasteiger partial charge in [0, 0.05) is 6.04 Å². The molecule has 0 spiro atoms. The normalized spacial score (nSPS) is 23.4. The van der Waals surface area contributed by atoms with Crippen molar-refractivity contribution in [3.8, 4) is 0 Å². The first-order chi connectivity index (χ1) is 11.3. The zero-order chi connectivity index (χ0) is 16.5. The minimum atomic E-state index is 0.216. The molecule has 1 aliphatic rings. The number of ether oxygens (including phenoxy) is 1. The minimum Gasteiger partial charge on any atom is -0.361 e. The van der Waals surface area contributed by atoms with Crippen LogP contribution >= 0.6 is 0 Å². The van der Waals surface area contributed by atoms with Crippen molar-refractivity contribution in [1.82, 2.24) is 4.90 Å². The Morgan fingerprint density at radius 3 is 2.78 bits per heavy atom. The van der Waals surface area contributed by atoms with Gasteiger partial charge in [-0.1, -0.05) is 61.9 Å². The molecule has 23 heavy (non-hydrogen) atoms. The van der Waals surface area contributed by atoms with Crippen LogP contribution in [0.25, 0.3) is 0 Å². The van der Waals surface area contributed by atoms with E-state index in [0.717, 1.165) is 25.9 Å². The molecule has 1 heterocycles. The molecule has 0 amide bonds. The fourth-order valence-corrected chi connectivity index (χ4v) is 3.56. The SMILES string of the molecule is C=CC[C@H](CCC)N1C(CC/C=C/C)OC[C@H]1c1ccccc1. The minimum absolute atomic E-state index is 0.216. The Balaban J connectivity index is 2.21. The monoisotopic (exact) mass is 313 g/mol. The first kappa shape index (κ1) is 18.0. The van der Waals surface area contributed by atoms with Gasteiger partial charge in [0.1, 0.15) is 6.23 Å². The zero-order valence-corrected chi connectivity index (χ0v) is 14.7. The van der Waals surface area contributed by atoms with Crippen LogP contribution < -0.4 is 0 Å². The summed E-state index contributed by atoms with van der Waals surface area (Å²) in [5.41, 5.74) is 1.37. The van der Waals surface area contributed by atoms with E-state index in [1.165, 1.54) is 18.4 Å². The molecule has 0 N–H and O–H groups in total. The van der Waals surface area contributed by atoms with E-state index in [-0.39, 0.29) is 6.23 Å². The highest BCUT2D eigenvalue weighted by atomic mass is 16.5. The maximum atomic E-state index is 6.21. The van der Waals surface area contributed by atoms with Crippen molar-refractivity contribution in [2.45, 2.75) is 64.3 Å². The van der Waals surface area contributed by atoms with E-state index < -0.39 is 0 Å². The Morgan fingerprint density at radius 2 is 2.13 bits per heavy atom. The molecule has 3 atom stereocenters. The smallest absolute Gasteiger partial charge is 0.111 e. The standard InChI is InChI=1S/C21H31NO/c1-4-7-9-16-21-22(19(12-5-2)13-6-3)20(17-23-21)18-14-10-8-11-15-18/h4-5,7-8,10-11,14-15,19-21H,2,6,9,12-13,16-17H2,1,3H3/b7-4+/t19-,20+,21?/m1/s1. The van der Waals surface area contributed by atoms with Gasteiger partial charge in [-0.15, -0.1) is 6.58 Å². The van der Waals surface area contributed by atoms with Gasteiger partial charge in [-0.05, 0) is 38.2 Å². The predicted octanol–water partition coefficient (Wildman–Crippen LogP) is 5.49. The second-order valence-corrected chi connectivity index (χ2v) is 6.27. The summed E-state index contributed by atoms with van der Waals surface area (Å²) in [7, 11) is 0. The van der Waals surface area contributed by atoms with Crippen molar-refractivity contribution in [3.63, 3.8) is 0 Å². The van der Waals surface area contributed by atoms with Gasteiger partial charge in [0.25, 0.3) is 0 Å². The van der Waals surface area contributed by atoms with Crippen LogP contribution in [0.2, 0.25) is 0 Å². The highest BCUT2D eigenvalue weighted by Crippen LogP contribution is 2.36. The van der Waals surface area contributed by atoms with Gasteiger partial charge < -0.3 is 4.74 Å². The molecule has 1 aliphatic heterocycles. The van der Waals surface area contributed by atoms with Crippen molar-refractivity contribution < 1.29 is 4.74 Å². The number of rotatable bonds is 9. The van der Waals surface area contributed by atoms with Crippen LogP contribution in [-0.2, 0) is 4.74 Å². The van der Waals surface area contributed by atoms with Gasteiger partial charge >= 0.3 is 0 Å². The Labute approximate surface area is 141 Å². The van der Waals surface area contributed by atoms with Crippen molar-refractivity contribution in [3.05, 3.63) is 60.7 Å². The average Bonchev–Trinajstić information content (AvgIpc) is 2.99. The van der Waals surface area contributed by atoms with E-state index >= 15 is 0 Å². The van der Waals surface area contributed by atoms with Gasteiger partial charge in [0.05, 0.1) is 12.6 Å². The molecule has 0 aliphatic carbocycles. The highest BCUT2D eigenvalue weighted by molar-refractivity contribution is 5.20. The van der Waals surface area contributed by atoms with Gasteiger partial charge in [-0.25, -0.2) is 0 Å². The molecule has 1 aromatic carbocycles. The quantitative estimate of drug-likeness (QED) is 0.559. The fourth-order valence-electron chi connectivity index (χ4n) is 3.56. The predicted molar refractivity (Wildman–Crippen MR) is 98.3 cm³/mol. The van der Waals surface area contributed by atoms with Crippen molar-refractivity contribution in [2.75, 3.05) is 6.61 Å². The molecule has 0 saturated carbocycles. The first-order valence-electron chi connectivity index (χ1n) is 8.97. The third-order valence-corrected chi connectivity index (χ3v) is 4.62. The maximum Gasteiger partial charge on any atom is 0.111 e. The summed E-state index contributed by atoms with van der Waals surface area (Å²) >= 11 is 0. The summed E-state index contributed by atoms with van der Waals surface area (Å²) in [4.78, 5) is 2.62. The Hall–Kier alpha value is -1.38. The molecule has 1 saturated heterocycles. The largest absolute Gasteiger partial charge is 0.361 e. The molecule has 2 rings (SSSR count). The maximum absolute atomic E-state index is 6.21. The number of nitrogens with zero attached hydrogens (tertiary/aromatic N) is 1. The summed E-state index contributed by atoms with van der Waals surface area (Å²) in [6.07, 6.45) is 12.2. The fraction of sp³-hybridized carbons (Fsp3) is 0.524. The second kappa shape index (κ2) is 9.69. The summed E-state index contributed by atoms with van der Waals surface area (Å²) in [5.74, 6) is 0. The average molecular weight is 313 g/mol. The van der Waals surface area contributed by atoms with Crippen LogP contribution in [0.4, 0.5) is 0 Å². The van der Waals surface area contributed by atoms with E-state index in [9.17, 15) is 0 Å². The van der Waals surface area contributed by atoms with E-state index in [2.05, 4.69) is 73.9 Å². The third-order valence-electron chi connectivity index (χ3n) is 4.62. The Bertz CT molecular complexity index is 482. The van der Waals surface area contributed by atoms with E-state index in [0.29, 0.717) is 12.1 Å². The lowest BCUT2D eigenvalue weighted by molar-refractivity contribution is -0.000687. The molecule has 1 fully saturated rings. The number of hydrogen-bond acceptors (Lipinski definition) is 2. The number of benzene rings is 1. The summed E-state index contributed by atoms with van der Waals surface area (Å²) in [5, 5.41) is 0. The lowest BCUT2D eigenvalue weighted by atomic mass is 9.99. The van der Waals surface area contributed by atoms with Crippen LogP contribution in [-0.4, -0.2) is 23.8 Å². The molecule has 126 valence electrons. The first-order valence-corrected chi connectivity index (χ1v) is 8.97. The molecule has 0 radical (unpaired) electrons. The third kappa shape index (κ3) is 4.79. The van der Waals surface area contributed by atoms with Crippen LogP contribution in [0.3, 0.4) is 0 Å². The molecule has 0 bridgehead atoms. The molecular formula is C21H31NO. The Morgan fingerprint density at radius 1 is 1.35 bits per heavy atom. The van der Waals surface area contributed by atoms with E-state index in [4.69, 9.17) is 4.74 Å². The summed E-state index contributed by atoms with van der Waals surface area (Å²) in [6, 6.07) is 11.7. The van der Waals surface area contributed by atoms with Crippen LogP contribution in [0.1, 0.15) is 57.6 Å². The van der Waals surface area contributed by atoms with Gasteiger partial charge in [0.2, 0.25) is 0 Å². The lowest BCUT2D eigenvalue weighted by Crippen LogP contribution is -2.41. The van der Waals surface area contributed by atoms with Crippen LogP contribution in [0.15, 0.2) is 55.1 Å². The van der Waals surface area contributed by atoms with Gasteiger partial charge in [-0.3, -0.25) is 4.90 Å². The van der Waals surface area contributed by atoms with E-state index in [1.54, 1.807) is 0 Å². The number of allylic oxidation sites excluding steroid dienone is 2. The molecule has 1 unspecified atom stereocenters. The topological polar surface area (TPSA) is 12.5 Å². The van der Waals surface area contributed by atoms with Crippen LogP contribution in [0.5, 0.6) is 0 Å². The summed E-state index contributed by atoms with van der Waals surface area (Å²) < 4.78 is 6.21. The van der Waals surface area contributed by atoms with Crippen LogP contribution in [0, 0.1) is 0 Å². The highest BCUT2D eigenvalue weighted by Gasteiger charge is 2.38. The van der Waals surface area contributed by atoms with Crippen molar-refractivity contribution in [1.29, 1.82) is 0 Å². The van der Waals surface area contributed by atoms with Crippen molar-refractivity contribution in [2.24, 2.45) is 0 Å². The molecule has 2 heteroatoms. The Kier molecular flexibility index (Phi) is 7.57. The summed E-state index contributed by atoms with van der Waals surface area (Å²) in [6.45, 7) is 9.11. The lowest BCUT2D eigenvalue weighted by Gasteiger charge is -2.35. The zero-order valence-electron chi connectivity index (χ0n) is 14.7. The molecule has 1 aromatic rings. The molecular weight excluding hydrogens is 282 g/mol.